The van der Waals surface area contributed by atoms with E-state index >= 15 is 0 Å². The van der Waals surface area contributed by atoms with Crippen LogP contribution >= 0.6 is 11.6 Å². The van der Waals surface area contributed by atoms with Crippen molar-refractivity contribution >= 4 is 34.1 Å². The van der Waals surface area contributed by atoms with Crippen molar-refractivity contribution in [2.45, 2.75) is 6.92 Å². The highest BCUT2D eigenvalue weighted by Crippen LogP contribution is 2.27. The molecule has 0 aliphatic heterocycles. The molecule has 3 aromatic heterocycles. The first-order valence-corrected chi connectivity index (χ1v) is 11.0. The van der Waals surface area contributed by atoms with Crippen LogP contribution in [0.3, 0.4) is 0 Å². The van der Waals surface area contributed by atoms with Crippen LogP contribution < -0.4 is 10.9 Å². The fraction of sp³-hybridized carbons (Fsp3) is 0.0769. The number of nitrogens with one attached hydrogen (secondary N) is 1. The Morgan fingerprint density at radius 2 is 1.82 bits per heavy atom. The Kier molecular flexibility index (Phi) is 5.47. The predicted octanol–water partition coefficient (Wildman–Crippen LogP) is 5.00. The van der Waals surface area contributed by atoms with Crippen LogP contribution in [-0.4, -0.2) is 25.2 Å². The molecule has 0 aliphatic carbocycles. The lowest BCUT2D eigenvalue weighted by Crippen LogP contribution is -2.23. The molecule has 0 fully saturated rings. The maximum Gasteiger partial charge on any atom is 0.295 e. The summed E-state index contributed by atoms with van der Waals surface area (Å²) in [7, 11) is 1.78. The smallest absolute Gasteiger partial charge is 0.295 e. The number of amides is 1. The number of hydrogen-bond donors (Lipinski definition) is 1. The second-order valence-corrected chi connectivity index (χ2v) is 8.29. The first-order chi connectivity index (χ1) is 16.4. The molecule has 0 bridgehead atoms. The van der Waals surface area contributed by atoms with Gasteiger partial charge < -0.3 is 5.32 Å². The van der Waals surface area contributed by atoms with Crippen molar-refractivity contribution in [3.8, 4) is 16.9 Å². The molecule has 3 heterocycles. The van der Waals surface area contributed by atoms with Gasteiger partial charge in [-0.2, -0.15) is 0 Å². The van der Waals surface area contributed by atoms with E-state index in [0.29, 0.717) is 38.6 Å². The standard InChI is InChI=1S/C26H20ClN5O2/c1-16-24(26(34)32(31(16)2)19-8-4-3-5-9-19)30-25(33)21-14-23(17-7-6-12-28-15-17)29-22-11-10-18(27)13-20(21)22/h3-15H,1-2H3,(H,30,33). The third-order valence-electron chi connectivity index (χ3n) is 5.77. The molecule has 1 N–H and O–H groups in total. The minimum atomic E-state index is -0.425. The van der Waals surface area contributed by atoms with Crippen molar-refractivity contribution in [3.63, 3.8) is 0 Å². The number of pyridine rings is 2. The first-order valence-electron chi connectivity index (χ1n) is 10.6. The van der Waals surface area contributed by atoms with E-state index in [1.807, 2.05) is 42.5 Å². The third-order valence-corrected chi connectivity index (χ3v) is 6.00. The number of carbonyl (C=O) groups is 1. The Hall–Kier alpha value is -4.23. The molecule has 0 radical (unpaired) electrons. The third kappa shape index (κ3) is 3.76. The maximum absolute atomic E-state index is 13.5. The minimum absolute atomic E-state index is 0.214. The van der Waals surface area contributed by atoms with E-state index in [-0.39, 0.29) is 11.2 Å². The summed E-state index contributed by atoms with van der Waals surface area (Å²) in [6.07, 6.45) is 3.36. The number of aromatic nitrogens is 4. The summed E-state index contributed by atoms with van der Waals surface area (Å²) in [6.45, 7) is 1.79. The Balaban J connectivity index is 1.62. The van der Waals surface area contributed by atoms with Gasteiger partial charge in [-0.25, -0.2) is 9.67 Å². The van der Waals surface area contributed by atoms with Gasteiger partial charge in [-0.1, -0.05) is 29.8 Å². The maximum atomic E-state index is 13.5. The van der Waals surface area contributed by atoms with Crippen LogP contribution in [0, 0.1) is 6.92 Å². The van der Waals surface area contributed by atoms with E-state index < -0.39 is 5.91 Å². The van der Waals surface area contributed by atoms with Crippen molar-refractivity contribution in [2.24, 2.45) is 7.05 Å². The average Bonchev–Trinajstić information content (AvgIpc) is 3.07. The number of rotatable bonds is 4. The van der Waals surface area contributed by atoms with Crippen LogP contribution in [0.2, 0.25) is 5.02 Å². The topological polar surface area (TPSA) is 81.8 Å². The van der Waals surface area contributed by atoms with Crippen LogP contribution in [0.1, 0.15) is 16.1 Å². The lowest BCUT2D eigenvalue weighted by Gasteiger charge is -2.10. The molecule has 0 spiro atoms. The lowest BCUT2D eigenvalue weighted by atomic mass is 10.0. The molecule has 5 aromatic rings. The molecule has 34 heavy (non-hydrogen) atoms. The molecule has 5 rings (SSSR count). The van der Waals surface area contributed by atoms with E-state index in [4.69, 9.17) is 11.6 Å². The highest BCUT2D eigenvalue weighted by atomic mass is 35.5. The van der Waals surface area contributed by atoms with Crippen molar-refractivity contribution in [3.05, 3.63) is 106 Å². The predicted molar refractivity (Wildman–Crippen MR) is 134 cm³/mol. The van der Waals surface area contributed by atoms with E-state index in [1.165, 1.54) is 4.68 Å². The summed E-state index contributed by atoms with van der Waals surface area (Å²) in [5.74, 6) is -0.425. The molecule has 8 heteroatoms. The zero-order valence-electron chi connectivity index (χ0n) is 18.5. The van der Waals surface area contributed by atoms with Gasteiger partial charge in [0, 0.05) is 35.4 Å². The number of nitrogens with zero attached hydrogens (tertiary/aromatic N) is 4. The molecule has 0 unspecified atom stereocenters. The van der Waals surface area contributed by atoms with Gasteiger partial charge in [-0.15, -0.1) is 0 Å². The van der Waals surface area contributed by atoms with Gasteiger partial charge in [0.1, 0.15) is 5.69 Å². The van der Waals surface area contributed by atoms with E-state index in [2.05, 4.69) is 15.3 Å². The molecule has 168 valence electrons. The molecule has 2 aromatic carbocycles. The summed E-state index contributed by atoms with van der Waals surface area (Å²) in [5, 5.41) is 3.91. The summed E-state index contributed by atoms with van der Waals surface area (Å²) < 4.78 is 3.24. The fourth-order valence-corrected chi connectivity index (χ4v) is 4.11. The van der Waals surface area contributed by atoms with Crippen molar-refractivity contribution in [1.29, 1.82) is 0 Å². The molecule has 7 nitrogen and oxygen atoms in total. The Morgan fingerprint density at radius 3 is 2.56 bits per heavy atom. The van der Waals surface area contributed by atoms with E-state index in [1.54, 1.807) is 55.3 Å². The number of halogens is 1. The van der Waals surface area contributed by atoms with Gasteiger partial charge in [0.2, 0.25) is 0 Å². The molecule has 0 saturated carbocycles. The fourth-order valence-electron chi connectivity index (χ4n) is 3.94. The largest absolute Gasteiger partial charge is 0.316 e. The molecule has 0 aliphatic rings. The van der Waals surface area contributed by atoms with Crippen LogP contribution in [0.15, 0.2) is 83.9 Å². The van der Waals surface area contributed by atoms with Crippen LogP contribution in [-0.2, 0) is 7.05 Å². The molecule has 1 amide bonds. The number of fused-ring (bicyclic) bond motifs is 1. The van der Waals surface area contributed by atoms with Crippen molar-refractivity contribution in [2.75, 3.05) is 5.32 Å². The lowest BCUT2D eigenvalue weighted by molar-refractivity contribution is 0.102. The first kappa shape index (κ1) is 21.6. The number of anilines is 1. The van der Waals surface area contributed by atoms with Crippen LogP contribution in [0.5, 0.6) is 0 Å². The van der Waals surface area contributed by atoms with Gasteiger partial charge in [0.25, 0.3) is 11.5 Å². The zero-order valence-corrected chi connectivity index (χ0v) is 19.2. The molecular weight excluding hydrogens is 450 g/mol. The minimum Gasteiger partial charge on any atom is -0.316 e. The summed E-state index contributed by atoms with van der Waals surface area (Å²) in [5.41, 5.74) is 3.58. The average molecular weight is 470 g/mol. The summed E-state index contributed by atoms with van der Waals surface area (Å²) >= 11 is 6.23. The van der Waals surface area contributed by atoms with Crippen molar-refractivity contribution < 1.29 is 4.79 Å². The van der Waals surface area contributed by atoms with Gasteiger partial charge in [-0.05, 0) is 55.5 Å². The molecule has 0 saturated heterocycles. The summed E-state index contributed by atoms with van der Waals surface area (Å²) in [6, 6.07) is 19.8. The number of benzene rings is 2. The second-order valence-electron chi connectivity index (χ2n) is 7.85. The van der Waals surface area contributed by atoms with Gasteiger partial charge in [-0.3, -0.25) is 19.3 Å². The zero-order chi connectivity index (χ0) is 23.8. The van der Waals surface area contributed by atoms with Gasteiger partial charge in [0.05, 0.1) is 28.2 Å². The monoisotopic (exact) mass is 469 g/mol. The Labute approximate surface area is 200 Å². The quantitative estimate of drug-likeness (QED) is 0.401. The summed E-state index contributed by atoms with van der Waals surface area (Å²) in [4.78, 5) is 35.6. The highest BCUT2D eigenvalue weighted by Gasteiger charge is 2.21. The Bertz CT molecular complexity index is 1590. The molecule has 0 atom stereocenters. The van der Waals surface area contributed by atoms with Gasteiger partial charge >= 0.3 is 0 Å². The number of carbonyl (C=O) groups excluding carboxylic acids is 1. The molecular formula is C26H20ClN5O2. The normalized spacial score (nSPS) is 11.0. The van der Waals surface area contributed by atoms with Crippen molar-refractivity contribution in [1.82, 2.24) is 19.3 Å². The number of hydrogen-bond acceptors (Lipinski definition) is 4. The second kappa shape index (κ2) is 8.61. The number of para-hydroxylation sites is 1. The van der Waals surface area contributed by atoms with E-state index in [9.17, 15) is 9.59 Å². The van der Waals surface area contributed by atoms with Gasteiger partial charge in [0.15, 0.2) is 0 Å². The Morgan fingerprint density at radius 1 is 1.03 bits per heavy atom. The SMILES string of the molecule is Cc1c(NC(=O)c2cc(-c3cccnc3)nc3ccc(Cl)cc23)c(=O)n(-c2ccccc2)n1C. The van der Waals surface area contributed by atoms with Crippen LogP contribution in [0.25, 0.3) is 27.8 Å². The van der Waals surface area contributed by atoms with E-state index in [0.717, 1.165) is 5.56 Å². The highest BCUT2D eigenvalue weighted by molar-refractivity contribution is 6.31. The van der Waals surface area contributed by atoms with Crippen LogP contribution in [0.4, 0.5) is 5.69 Å².